The van der Waals surface area contributed by atoms with E-state index in [2.05, 4.69) is 5.32 Å². The molecule has 0 aliphatic heterocycles. The third-order valence-electron chi connectivity index (χ3n) is 3.77. The molecule has 0 aliphatic rings. The number of benzene rings is 2. The summed E-state index contributed by atoms with van der Waals surface area (Å²) in [7, 11) is 1.50. The van der Waals surface area contributed by atoms with Gasteiger partial charge in [0.05, 0.1) is 24.8 Å². The molecule has 0 saturated carbocycles. The van der Waals surface area contributed by atoms with Crippen LogP contribution in [-0.4, -0.2) is 31.7 Å². The lowest BCUT2D eigenvalue weighted by molar-refractivity contribution is -0.124. The fourth-order valence-electron chi connectivity index (χ4n) is 2.47. The van der Waals surface area contributed by atoms with Crippen LogP contribution < -0.4 is 14.8 Å². The van der Waals surface area contributed by atoms with Crippen molar-refractivity contribution >= 4 is 11.9 Å². The average Bonchev–Trinajstić information content (AvgIpc) is 2.66. The van der Waals surface area contributed by atoms with Crippen molar-refractivity contribution in [3.05, 3.63) is 59.7 Å². The quantitative estimate of drug-likeness (QED) is 0.719. The average molecular weight is 371 g/mol. The van der Waals surface area contributed by atoms with Crippen LogP contribution in [0.1, 0.15) is 42.7 Å². The Labute approximate surface area is 159 Å². The van der Waals surface area contributed by atoms with Gasteiger partial charge in [-0.1, -0.05) is 30.3 Å². The van der Waals surface area contributed by atoms with Crippen LogP contribution in [0, 0.1) is 0 Å². The number of nitrogens with one attached hydrogen (secondary N) is 1. The molecule has 6 nitrogen and oxygen atoms in total. The van der Waals surface area contributed by atoms with E-state index in [-0.39, 0.29) is 30.2 Å². The monoisotopic (exact) mass is 371 g/mol. The Hall–Kier alpha value is -3.02. The molecule has 2 rings (SSSR count). The maximum atomic E-state index is 12.2. The number of ether oxygens (including phenoxy) is 3. The van der Waals surface area contributed by atoms with Gasteiger partial charge in [-0.3, -0.25) is 4.79 Å². The van der Waals surface area contributed by atoms with E-state index in [0.717, 1.165) is 5.56 Å². The Balaban J connectivity index is 1.92. The van der Waals surface area contributed by atoms with Crippen LogP contribution >= 0.6 is 0 Å². The second-order valence-corrected chi connectivity index (χ2v) is 6.31. The number of amides is 1. The Bertz CT molecular complexity index is 773. The van der Waals surface area contributed by atoms with Crippen molar-refractivity contribution in [3.8, 4) is 11.5 Å². The van der Waals surface area contributed by atoms with E-state index in [9.17, 15) is 9.59 Å². The summed E-state index contributed by atoms with van der Waals surface area (Å²) < 4.78 is 16.0. The van der Waals surface area contributed by atoms with Crippen molar-refractivity contribution in [1.82, 2.24) is 5.32 Å². The summed E-state index contributed by atoms with van der Waals surface area (Å²) in [4.78, 5) is 24.2. The van der Waals surface area contributed by atoms with Crippen molar-refractivity contribution < 1.29 is 23.8 Å². The van der Waals surface area contributed by atoms with Gasteiger partial charge >= 0.3 is 5.97 Å². The molecule has 6 heteroatoms. The van der Waals surface area contributed by atoms with Gasteiger partial charge in [-0.05, 0) is 44.5 Å². The van der Waals surface area contributed by atoms with E-state index in [0.29, 0.717) is 11.5 Å². The number of esters is 1. The normalized spacial score (nSPS) is 11.6. The fraction of sp³-hybridized carbons (Fsp3) is 0.333. The lowest BCUT2D eigenvalue weighted by Gasteiger charge is -2.15. The minimum absolute atomic E-state index is 0.0213. The summed E-state index contributed by atoms with van der Waals surface area (Å²) in [5.41, 5.74) is 1.26. The molecule has 0 radical (unpaired) electrons. The van der Waals surface area contributed by atoms with Crippen LogP contribution in [0.15, 0.2) is 48.5 Å². The third-order valence-corrected chi connectivity index (χ3v) is 3.77. The summed E-state index contributed by atoms with van der Waals surface area (Å²) >= 11 is 0. The standard InChI is InChI=1S/C21H25NO5/c1-14(2)27-18-11-10-17(12-19(18)25-4)21(24)26-13-20(23)22-15(3)16-8-6-5-7-9-16/h5-12,14-15H,13H2,1-4H3,(H,22,23). The van der Waals surface area contributed by atoms with Crippen molar-refractivity contribution in [2.24, 2.45) is 0 Å². The topological polar surface area (TPSA) is 73.9 Å². The largest absolute Gasteiger partial charge is 0.493 e. The van der Waals surface area contributed by atoms with Crippen molar-refractivity contribution in [1.29, 1.82) is 0 Å². The van der Waals surface area contributed by atoms with E-state index < -0.39 is 5.97 Å². The van der Waals surface area contributed by atoms with Crippen molar-refractivity contribution in [2.45, 2.75) is 32.9 Å². The van der Waals surface area contributed by atoms with E-state index in [1.54, 1.807) is 12.1 Å². The molecule has 0 saturated heterocycles. The molecule has 2 aromatic rings. The molecule has 27 heavy (non-hydrogen) atoms. The van der Waals surface area contributed by atoms with Gasteiger partial charge in [0.1, 0.15) is 0 Å². The first-order chi connectivity index (χ1) is 12.9. The first-order valence-electron chi connectivity index (χ1n) is 8.76. The first-order valence-corrected chi connectivity index (χ1v) is 8.76. The lowest BCUT2D eigenvalue weighted by atomic mass is 10.1. The summed E-state index contributed by atoms with van der Waals surface area (Å²) in [6.45, 7) is 5.31. The van der Waals surface area contributed by atoms with Gasteiger partial charge in [-0.2, -0.15) is 0 Å². The maximum Gasteiger partial charge on any atom is 0.338 e. The van der Waals surface area contributed by atoms with Gasteiger partial charge in [0.2, 0.25) is 0 Å². The number of hydrogen-bond acceptors (Lipinski definition) is 5. The van der Waals surface area contributed by atoms with Gasteiger partial charge in [-0.25, -0.2) is 4.79 Å². The van der Waals surface area contributed by atoms with Gasteiger partial charge in [0.15, 0.2) is 18.1 Å². The number of carbonyl (C=O) groups is 2. The van der Waals surface area contributed by atoms with Crippen LogP contribution in [0.4, 0.5) is 0 Å². The van der Waals surface area contributed by atoms with E-state index in [1.807, 2.05) is 51.1 Å². The molecular formula is C21H25NO5. The zero-order valence-electron chi connectivity index (χ0n) is 16.0. The summed E-state index contributed by atoms with van der Waals surface area (Å²) in [5.74, 6) is -0.00267. The highest BCUT2D eigenvalue weighted by molar-refractivity contribution is 5.92. The minimum Gasteiger partial charge on any atom is -0.493 e. The second-order valence-electron chi connectivity index (χ2n) is 6.31. The molecule has 1 N–H and O–H groups in total. The van der Waals surface area contributed by atoms with E-state index in [4.69, 9.17) is 14.2 Å². The van der Waals surface area contributed by atoms with Gasteiger partial charge in [0.25, 0.3) is 5.91 Å². The fourth-order valence-corrected chi connectivity index (χ4v) is 2.47. The number of rotatable bonds is 8. The SMILES string of the molecule is COc1cc(C(=O)OCC(=O)NC(C)c2ccccc2)ccc1OC(C)C. The summed E-state index contributed by atoms with van der Waals surface area (Å²) in [6.07, 6.45) is -0.0213. The predicted octanol–water partition coefficient (Wildman–Crippen LogP) is 3.52. The molecular weight excluding hydrogens is 346 g/mol. The molecule has 2 aromatic carbocycles. The molecule has 0 bridgehead atoms. The smallest absolute Gasteiger partial charge is 0.338 e. The van der Waals surface area contributed by atoms with Crippen molar-refractivity contribution in [2.75, 3.05) is 13.7 Å². The highest BCUT2D eigenvalue weighted by Gasteiger charge is 2.16. The number of hydrogen-bond donors (Lipinski definition) is 1. The Morgan fingerprint density at radius 2 is 1.70 bits per heavy atom. The van der Waals surface area contributed by atoms with Crippen LogP contribution in [0.5, 0.6) is 11.5 Å². The van der Waals surface area contributed by atoms with Crippen molar-refractivity contribution in [3.63, 3.8) is 0 Å². The molecule has 0 aliphatic carbocycles. The van der Waals surface area contributed by atoms with E-state index in [1.165, 1.54) is 13.2 Å². The number of carbonyl (C=O) groups excluding carboxylic acids is 2. The third kappa shape index (κ3) is 6.02. The minimum atomic E-state index is -0.605. The highest BCUT2D eigenvalue weighted by Crippen LogP contribution is 2.29. The lowest BCUT2D eigenvalue weighted by Crippen LogP contribution is -2.31. The molecule has 1 atom stereocenters. The molecule has 144 valence electrons. The van der Waals surface area contributed by atoms with Gasteiger partial charge < -0.3 is 19.5 Å². The summed E-state index contributed by atoms with van der Waals surface area (Å²) in [6, 6.07) is 14.1. The molecule has 0 aromatic heterocycles. The van der Waals surface area contributed by atoms with E-state index >= 15 is 0 Å². The second kappa shape index (κ2) is 9.62. The zero-order valence-corrected chi connectivity index (χ0v) is 16.0. The molecule has 0 spiro atoms. The van der Waals surface area contributed by atoms with Crippen LogP contribution in [0.2, 0.25) is 0 Å². The van der Waals surface area contributed by atoms with Gasteiger partial charge in [-0.15, -0.1) is 0 Å². The van der Waals surface area contributed by atoms with Crippen LogP contribution in [0.25, 0.3) is 0 Å². The predicted molar refractivity (Wildman–Crippen MR) is 102 cm³/mol. The summed E-state index contributed by atoms with van der Waals surface area (Å²) in [5, 5.41) is 2.80. The molecule has 1 unspecified atom stereocenters. The first kappa shape index (κ1) is 20.3. The molecule has 1 amide bonds. The Kier molecular flexibility index (Phi) is 7.23. The van der Waals surface area contributed by atoms with Crippen LogP contribution in [0.3, 0.4) is 0 Å². The molecule has 0 fully saturated rings. The Morgan fingerprint density at radius 1 is 1.00 bits per heavy atom. The maximum absolute atomic E-state index is 12.2. The Morgan fingerprint density at radius 3 is 2.33 bits per heavy atom. The number of methoxy groups -OCH3 is 1. The highest BCUT2D eigenvalue weighted by atomic mass is 16.5. The van der Waals surface area contributed by atoms with Crippen LogP contribution in [-0.2, 0) is 9.53 Å². The van der Waals surface area contributed by atoms with Gasteiger partial charge in [0, 0.05) is 0 Å². The molecule has 0 heterocycles. The zero-order chi connectivity index (χ0) is 19.8.